The van der Waals surface area contributed by atoms with Gasteiger partial charge in [-0.1, -0.05) is 26.0 Å². The number of carbonyl (C=O) groups is 2. The smallest absolute Gasteiger partial charge is 0.243 e. The number of hydrogen-bond donors (Lipinski definition) is 2. The number of anilines is 2. The molecule has 0 bridgehead atoms. The number of piperidine rings is 1. The minimum atomic E-state index is -3.57. The average molecular weight is 474 g/mol. The van der Waals surface area contributed by atoms with E-state index in [9.17, 15) is 18.0 Å². The summed E-state index contributed by atoms with van der Waals surface area (Å²) in [5, 5.41) is 5.07. The molecular formula is C23H27N3O4S2. The molecule has 0 saturated carbocycles. The summed E-state index contributed by atoms with van der Waals surface area (Å²) in [5.41, 5.74) is 1.25. The van der Waals surface area contributed by atoms with E-state index in [2.05, 4.69) is 24.5 Å². The van der Waals surface area contributed by atoms with Crippen LogP contribution in [0.15, 0.2) is 58.3 Å². The molecule has 0 aromatic heterocycles. The summed E-state index contributed by atoms with van der Waals surface area (Å²) in [5.74, 6) is 0.157. The predicted molar refractivity (Wildman–Crippen MR) is 126 cm³/mol. The Morgan fingerprint density at radius 2 is 1.75 bits per heavy atom. The quantitative estimate of drug-likeness (QED) is 0.689. The fourth-order valence-corrected chi connectivity index (χ4v) is 7.06. The van der Waals surface area contributed by atoms with Gasteiger partial charge >= 0.3 is 0 Å². The molecule has 0 aliphatic carbocycles. The number of nitrogens with one attached hydrogen (secondary N) is 2. The molecule has 2 aliphatic rings. The molecule has 2 aromatic carbocycles. The molecular weight excluding hydrogens is 446 g/mol. The molecule has 32 heavy (non-hydrogen) atoms. The van der Waals surface area contributed by atoms with Crippen molar-refractivity contribution in [3.63, 3.8) is 0 Å². The van der Waals surface area contributed by atoms with Gasteiger partial charge in [0, 0.05) is 30.1 Å². The van der Waals surface area contributed by atoms with Crippen molar-refractivity contribution >= 4 is 45.0 Å². The zero-order valence-electron chi connectivity index (χ0n) is 18.1. The fraction of sp³-hybridized carbons (Fsp3) is 0.391. The molecule has 170 valence electrons. The highest BCUT2D eigenvalue weighted by atomic mass is 32.2. The van der Waals surface area contributed by atoms with E-state index in [4.69, 9.17) is 0 Å². The van der Waals surface area contributed by atoms with Gasteiger partial charge in [-0.3, -0.25) is 9.59 Å². The lowest BCUT2D eigenvalue weighted by Gasteiger charge is -2.34. The topological polar surface area (TPSA) is 95.6 Å². The van der Waals surface area contributed by atoms with Crippen molar-refractivity contribution in [2.75, 3.05) is 23.7 Å². The molecule has 1 saturated heterocycles. The monoisotopic (exact) mass is 473 g/mol. The maximum Gasteiger partial charge on any atom is 0.243 e. The van der Waals surface area contributed by atoms with Gasteiger partial charge in [-0.15, -0.1) is 11.8 Å². The van der Waals surface area contributed by atoms with E-state index in [0.29, 0.717) is 30.6 Å². The number of fused-ring (bicyclic) bond motifs is 1. The largest absolute Gasteiger partial charge is 0.326 e. The third-order valence-electron chi connectivity index (χ3n) is 5.69. The van der Waals surface area contributed by atoms with E-state index in [1.54, 1.807) is 16.4 Å². The van der Waals surface area contributed by atoms with Crippen LogP contribution in [-0.2, 0) is 19.6 Å². The number of nitrogens with zero attached hydrogens (tertiary/aromatic N) is 1. The minimum Gasteiger partial charge on any atom is -0.326 e. The Kier molecular flexibility index (Phi) is 6.60. The van der Waals surface area contributed by atoms with Crippen LogP contribution in [0.5, 0.6) is 0 Å². The van der Waals surface area contributed by atoms with Gasteiger partial charge in [-0.25, -0.2) is 8.42 Å². The first-order valence-corrected chi connectivity index (χ1v) is 13.0. The molecule has 2 aliphatic heterocycles. The molecule has 2 heterocycles. The molecule has 9 heteroatoms. The zero-order valence-corrected chi connectivity index (χ0v) is 19.7. The summed E-state index contributed by atoms with van der Waals surface area (Å²) in [4.78, 5) is 26.0. The van der Waals surface area contributed by atoms with Crippen LogP contribution in [0.4, 0.5) is 11.4 Å². The van der Waals surface area contributed by atoms with E-state index in [0.717, 1.165) is 17.0 Å². The van der Waals surface area contributed by atoms with Crippen molar-refractivity contribution in [3.05, 3.63) is 48.5 Å². The van der Waals surface area contributed by atoms with Gasteiger partial charge < -0.3 is 10.6 Å². The molecule has 0 spiro atoms. The summed E-state index contributed by atoms with van der Waals surface area (Å²) < 4.78 is 27.6. The van der Waals surface area contributed by atoms with E-state index in [1.165, 1.54) is 23.9 Å². The second-order valence-electron chi connectivity index (χ2n) is 8.64. The zero-order chi connectivity index (χ0) is 22.9. The van der Waals surface area contributed by atoms with E-state index < -0.39 is 15.3 Å². The van der Waals surface area contributed by atoms with Crippen LogP contribution in [0.3, 0.4) is 0 Å². The van der Waals surface area contributed by atoms with Gasteiger partial charge in [-0.05, 0) is 54.7 Å². The average Bonchev–Trinajstić information content (AvgIpc) is 2.74. The molecule has 2 aromatic rings. The van der Waals surface area contributed by atoms with Crippen molar-refractivity contribution < 1.29 is 18.0 Å². The highest BCUT2D eigenvalue weighted by Gasteiger charge is 2.32. The van der Waals surface area contributed by atoms with Gasteiger partial charge in [0.25, 0.3) is 0 Å². The maximum atomic E-state index is 13.0. The van der Waals surface area contributed by atoms with Gasteiger partial charge in [-0.2, -0.15) is 4.31 Å². The number of thioether (sulfide) groups is 1. The SMILES string of the molecule is CC1CC(C)CN(S(=O)(=O)c2ccc(NC(=O)CC3Sc4ccccc4NC3=O)cc2)C1. The Morgan fingerprint density at radius 3 is 2.44 bits per heavy atom. The lowest BCUT2D eigenvalue weighted by atomic mass is 9.94. The first-order chi connectivity index (χ1) is 15.2. The molecule has 0 radical (unpaired) electrons. The number of sulfonamides is 1. The van der Waals surface area contributed by atoms with Gasteiger partial charge in [0.1, 0.15) is 0 Å². The molecule has 3 atom stereocenters. The predicted octanol–water partition coefficient (Wildman–Crippen LogP) is 3.79. The van der Waals surface area contributed by atoms with E-state index >= 15 is 0 Å². The van der Waals surface area contributed by atoms with Crippen molar-refractivity contribution in [2.45, 2.75) is 41.7 Å². The molecule has 2 amide bonds. The Hall–Kier alpha value is -2.36. The second kappa shape index (κ2) is 9.25. The number of para-hydroxylation sites is 1. The van der Waals surface area contributed by atoms with Crippen LogP contribution < -0.4 is 10.6 Å². The Bertz CT molecular complexity index is 1110. The van der Waals surface area contributed by atoms with Crippen LogP contribution in [0.1, 0.15) is 26.7 Å². The van der Waals surface area contributed by atoms with E-state index in [1.807, 2.05) is 24.3 Å². The number of rotatable bonds is 5. The second-order valence-corrected chi connectivity index (χ2v) is 11.8. The first kappa shape index (κ1) is 22.8. The lowest BCUT2D eigenvalue weighted by Crippen LogP contribution is -2.42. The summed E-state index contributed by atoms with van der Waals surface area (Å²) in [6, 6.07) is 13.7. The third kappa shape index (κ3) is 5.00. The number of hydrogen-bond acceptors (Lipinski definition) is 5. The molecule has 4 rings (SSSR count). The van der Waals surface area contributed by atoms with Crippen LogP contribution in [0.25, 0.3) is 0 Å². The summed E-state index contributed by atoms with van der Waals surface area (Å²) in [6.07, 6.45) is 1.05. The fourth-order valence-electron chi connectivity index (χ4n) is 4.27. The van der Waals surface area contributed by atoms with Crippen LogP contribution in [-0.4, -0.2) is 42.9 Å². The van der Waals surface area contributed by atoms with Crippen LogP contribution in [0.2, 0.25) is 0 Å². The summed E-state index contributed by atoms with van der Waals surface area (Å²) in [7, 11) is -3.57. The standard InChI is InChI=1S/C23H27N3O4S2/c1-15-11-16(2)14-26(13-15)32(29,30)18-9-7-17(8-10-18)24-22(27)12-21-23(28)25-19-5-3-4-6-20(19)31-21/h3-10,15-16,21H,11-14H2,1-2H3,(H,24,27)(H,25,28). The first-order valence-electron chi connectivity index (χ1n) is 10.7. The highest BCUT2D eigenvalue weighted by molar-refractivity contribution is 8.01. The molecule has 7 nitrogen and oxygen atoms in total. The van der Waals surface area contributed by atoms with Crippen molar-refractivity contribution in [1.29, 1.82) is 0 Å². The van der Waals surface area contributed by atoms with Gasteiger partial charge in [0.05, 0.1) is 15.8 Å². The normalized spacial score (nSPS) is 23.8. The van der Waals surface area contributed by atoms with Crippen molar-refractivity contribution in [3.8, 4) is 0 Å². The third-order valence-corrected chi connectivity index (χ3v) is 8.81. The highest BCUT2D eigenvalue weighted by Crippen LogP contribution is 2.36. The lowest BCUT2D eigenvalue weighted by molar-refractivity contribution is -0.120. The maximum absolute atomic E-state index is 13.0. The summed E-state index contributed by atoms with van der Waals surface area (Å²) in [6.45, 7) is 5.19. The number of benzene rings is 2. The van der Waals surface area contributed by atoms with Crippen molar-refractivity contribution in [2.24, 2.45) is 11.8 Å². The molecule has 2 N–H and O–H groups in total. The molecule has 3 unspecified atom stereocenters. The van der Waals surface area contributed by atoms with Crippen LogP contribution in [0, 0.1) is 11.8 Å². The van der Waals surface area contributed by atoms with E-state index in [-0.39, 0.29) is 23.1 Å². The van der Waals surface area contributed by atoms with Gasteiger partial charge in [0.2, 0.25) is 21.8 Å². The number of carbonyl (C=O) groups excluding carboxylic acids is 2. The Morgan fingerprint density at radius 1 is 1.09 bits per heavy atom. The number of amides is 2. The van der Waals surface area contributed by atoms with Crippen LogP contribution >= 0.6 is 11.8 Å². The minimum absolute atomic E-state index is 0.0223. The van der Waals surface area contributed by atoms with Crippen molar-refractivity contribution in [1.82, 2.24) is 4.31 Å². The summed E-state index contributed by atoms with van der Waals surface area (Å²) >= 11 is 1.37. The Labute approximate surface area is 193 Å². The Balaban J connectivity index is 1.38. The molecule has 1 fully saturated rings. The van der Waals surface area contributed by atoms with Gasteiger partial charge in [0.15, 0.2) is 0 Å².